The van der Waals surface area contributed by atoms with Gasteiger partial charge in [-0.1, -0.05) is 17.8 Å². The summed E-state index contributed by atoms with van der Waals surface area (Å²) in [5.74, 6) is 0. The predicted octanol–water partition coefficient (Wildman–Crippen LogP) is 2.65. The molecular formula is C12H13N3S. The zero-order valence-electron chi connectivity index (χ0n) is 9.00. The Morgan fingerprint density at radius 1 is 1.19 bits per heavy atom. The van der Waals surface area contributed by atoms with Gasteiger partial charge in [-0.2, -0.15) is 0 Å². The van der Waals surface area contributed by atoms with Gasteiger partial charge in [0.1, 0.15) is 5.03 Å². The second-order valence-electron chi connectivity index (χ2n) is 3.47. The van der Waals surface area contributed by atoms with Crippen molar-refractivity contribution in [1.82, 2.24) is 9.97 Å². The molecule has 0 amide bonds. The van der Waals surface area contributed by atoms with Gasteiger partial charge in [-0.3, -0.25) is 4.98 Å². The average molecular weight is 231 g/mol. The van der Waals surface area contributed by atoms with E-state index in [1.807, 2.05) is 31.2 Å². The summed E-state index contributed by atoms with van der Waals surface area (Å²) in [5.41, 5.74) is 6.98. The van der Waals surface area contributed by atoms with E-state index in [2.05, 4.69) is 9.97 Å². The lowest BCUT2D eigenvalue weighted by atomic mass is 10.2. The van der Waals surface area contributed by atoms with Gasteiger partial charge in [-0.15, -0.1) is 0 Å². The molecule has 2 aromatic rings. The number of hydrogen-bond acceptors (Lipinski definition) is 4. The molecular weight excluding hydrogens is 218 g/mol. The van der Waals surface area contributed by atoms with Crippen LogP contribution in [0.2, 0.25) is 0 Å². The van der Waals surface area contributed by atoms with Crippen LogP contribution in [-0.2, 0) is 0 Å². The molecule has 82 valence electrons. The first-order valence-corrected chi connectivity index (χ1v) is 5.87. The van der Waals surface area contributed by atoms with Crippen LogP contribution in [0.15, 0.2) is 52.8 Å². The summed E-state index contributed by atoms with van der Waals surface area (Å²) in [7, 11) is 0. The number of aromatic nitrogens is 2. The molecule has 0 aromatic carbocycles. The maximum atomic E-state index is 5.90. The highest BCUT2D eigenvalue weighted by Gasteiger charge is 2.08. The molecule has 0 aliphatic heterocycles. The van der Waals surface area contributed by atoms with Crippen LogP contribution in [0.3, 0.4) is 0 Å². The third kappa shape index (κ3) is 2.59. The number of rotatable bonds is 3. The average Bonchev–Trinajstić information content (AvgIpc) is 2.31. The summed E-state index contributed by atoms with van der Waals surface area (Å²) >= 11 is 1.61. The monoisotopic (exact) mass is 231 g/mol. The van der Waals surface area contributed by atoms with Gasteiger partial charge in [-0.05, 0) is 25.1 Å². The third-order valence-corrected chi connectivity index (χ3v) is 3.20. The van der Waals surface area contributed by atoms with Gasteiger partial charge in [0.25, 0.3) is 0 Å². The van der Waals surface area contributed by atoms with Crippen molar-refractivity contribution < 1.29 is 0 Å². The van der Waals surface area contributed by atoms with E-state index in [0.29, 0.717) is 0 Å². The third-order valence-electron chi connectivity index (χ3n) is 2.16. The molecule has 0 unspecified atom stereocenters. The van der Waals surface area contributed by atoms with Crippen molar-refractivity contribution in [1.29, 1.82) is 0 Å². The van der Waals surface area contributed by atoms with Crippen molar-refractivity contribution in [2.45, 2.75) is 22.9 Å². The van der Waals surface area contributed by atoms with E-state index in [0.717, 1.165) is 15.5 Å². The SMILES string of the molecule is C[C@H](N)c1cccnc1Sc1ccncc1. The Bertz CT molecular complexity index is 457. The predicted molar refractivity (Wildman–Crippen MR) is 65.2 cm³/mol. The summed E-state index contributed by atoms with van der Waals surface area (Å²) in [6.07, 6.45) is 5.34. The van der Waals surface area contributed by atoms with E-state index in [4.69, 9.17) is 5.73 Å². The first kappa shape index (κ1) is 11.1. The fourth-order valence-corrected chi connectivity index (χ4v) is 2.32. The van der Waals surface area contributed by atoms with E-state index >= 15 is 0 Å². The Kier molecular flexibility index (Phi) is 3.54. The summed E-state index contributed by atoms with van der Waals surface area (Å²) in [6.45, 7) is 1.97. The van der Waals surface area contributed by atoms with E-state index in [1.165, 1.54) is 0 Å². The zero-order chi connectivity index (χ0) is 11.4. The van der Waals surface area contributed by atoms with Crippen molar-refractivity contribution in [3.05, 3.63) is 48.4 Å². The minimum absolute atomic E-state index is 0.00182. The van der Waals surface area contributed by atoms with Gasteiger partial charge in [0.05, 0.1) is 0 Å². The van der Waals surface area contributed by atoms with Crippen LogP contribution in [0.5, 0.6) is 0 Å². The van der Waals surface area contributed by atoms with Crippen LogP contribution in [0.25, 0.3) is 0 Å². The molecule has 3 nitrogen and oxygen atoms in total. The largest absolute Gasteiger partial charge is 0.324 e. The highest BCUT2D eigenvalue weighted by molar-refractivity contribution is 7.99. The molecule has 0 aliphatic rings. The molecule has 0 bridgehead atoms. The Labute approximate surface area is 99.1 Å². The van der Waals surface area contributed by atoms with Crippen molar-refractivity contribution >= 4 is 11.8 Å². The Morgan fingerprint density at radius 3 is 2.62 bits per heavy atom. The van der Waals surface area contributed by atoms with Crippen LogP contribution in [0, 0.1) is 0 Å². The van der Waals surface area contributed by atoms with Crippen molar-refractivity contribution in [3.63, 3.8) is 0 Å². The molecule has 4 heteroatoms. The van der Waals surface area contributed by atoms with Crippen LogP contribution >= 0.6 is 11.8 Å². The summed E-state index contributed by atoms with van der Waals surface area (Å²) in [5, 5.41) is 0.962. The molecule has 0 saturated heterocycles. The van der Waals surface area contributed by atoms with E-state index in [-0.39, 0.29) is 6.04 Å². The zero-order valence-corrected chi connectivity index (χ0v) is 9.82. The van der Waals surface area contributed by atoms with Gasteiger partial charge < -0.3 is 5.73 Å². The van der Waals surface area contributed by atoms with Crippen LogP contribution < -0.4 is 5.73 Å². The lowest BCUT2D eigenvalue weighted by Crippen LogP contribution is -2.07. The molecule has 0 saturated carbocycles. The quantitative estimate of drug-likeness (QED) is 0.882. The number of pyridine rings is 2. The standard InChI is InChI=1S/C12H13N3S/c1-9(13)11-3-2-6-15-12(11)16-10-4-7-14-8-5-10/h2-9H,13H2,1H3/t9-/m0/s1. The molecule has 2 rings (SSSR count). The van der Waals surface area contributed by atoms with Gasteiger partial charge in [-0.25, -0.2) is 4.98 Å². The maximum Gasteiger partial charge on any atom is 0.105 e. The van der Waals surface area contributed by atoms with E-state index < -0.39 is 0 Å². The lowest BCUT2D eigenvalue weighted by molar-refractivity contribution is 0.779. The minimum atomic E-state index is -0.00182. The highest BCUT2D eigenvalue weighted by Crippen LogP contribution is 2.30. The summed E-state index contributed by atoms with van der Waals surface area (Å²) in [4.78, 5) is 9.46. The first-order valence-electron chi connectivity index (χ1n) is 5.06. The normalized spacial score (nSPS) is 12.4. The molecule has 0 radical (unpaired) electrons. The topological polar surface area (TPSA) is 51.8 Å². The van der Waals surface area contributed by atoms with Crippen LogP contribution in [-0.4, -0.2) is 9.97 Å². The molecule has 1 atom stereocenters. The van der Waals surface area contributed by atoms with Crippen LogP contribution in [0.1, 0.15) is 18.5 Å². The molecule has 0 fully saturated rings. The Balaban J connectivity index is 2.28. The Hall–Kier alpha value is -1.39. The highest BCUT2D eigenvalue weighted by atomic mass is 32.2. The van der Waals surface area contributed by atoms with Crippen molar-refractivity contribution in [2.24, 2.45) is 5.73 Å². The maximum absolute atomic E-state index is 5.90. The number of nitrogens with two attached hydrogens (primary N) is 1. The van der Waals surface area contributed by atoms with Crippen molar-refractivity contribution in [3.8, 4) is 0 Å². The molecule has 2 aromatic heterocycles. The first-order chi connectivity index (χ1) is 7.77. The van der Waals surface area contributed by atoms with Crippen LogP contribution in [0.4, 0.5) is 0 Å². The number of hydrogen-bond donors (Lipinski definition) is 1. The molecule has 0 aliphatic carbocycles. The molecule has 0 spiro atoms. The Morgan fingerprint density at radius 2 is 1.94 bits per heavy atom. The molecule has 16 heavy (non-hydrogen) atoms. The van der Waals surface area contributed by atoms with Gasteiger partial charge >= 0.3 is 0 Å². The fraction of sp³-hybridized carbons (Fsp3) is 0.167. The molecule has 2 heterocycles. The lowest BCUT2D eigenvalue weighted by Gasteiger charge is -2.10. The summed E-state index contributed by atoms with van der Waals surface area (Å²) in [6, 6.07) is 7.85. The van der Waals surface area contributed by atoms with Gasteiger partial charge in [0.2, 0.25) is 0 Å². The van der Waals surface area contributed by atoms with E-state index in [9.17, 15) is 0 Å². The number of nitrogens with zero attached hydrogens (tertiary/aromatic N) is 2. The summed E-state index contributed by atoms with van der Waals surface area (Å²) < 4.78 is 0. The molecule has 2 N–H and O–H groups in total. The van der Waals surface area contributed by atoms with Crippen molar-refractivity contribution in [2.75, 3.05) is 0 Å². The second kappa shape index (κ2) is 5.09. The van der Waals surface area contributed by atoms with Gasteiger partial charge in [0, 0.05) is 35.1 Å². The fourth-order valence-electron chi connectivity index (χ4n) is 1.35. The smallest absolute Gasteiger partial charge is 0.105 e. The van der Waals surface area contributed by atoms with Gasteiger partial charge in [0.15, 0.2) is 0 Å². The second-order valence-corrected chi connectivity index (χ2v) is 4.53. The minimum Gasteiger partial charge on any atom is -0.324 e. The van der Waals surface area contributed by atoms with E-state index in [1.54, 1.807) is 30.4 Å².